The van der Waals surface area contributed by atoms with Gasteiger partial charge < -0.3 is 5.73 Å². The van der Waals surface area contributed by atoms with Crippen LogP contribution in [0.15, 0.2) is 12.2 Å². The Labute approximate surface area is 57.3 Å². The van der Waals surface area contributed by atoms with Crippen molar-refractivity contribution >= 4 is 29.1 Å². The molecule has 0 spiro atoms. The van der Waals surface area contributed by atoms with Crippen molar-refractivity contribution in [3.8, 4) is 0 Å². The lowest BCUT2D eigenvalue weighted by Gasteiger charge is -1.97. The first-order chi connectivity index (χ1) is 3.55. The molecule has 2 N–H and O–H groups in total. The van der Waals surface area contributed by atoms with E-state index in [1.165, 1.54) is 0 Å². The third-order valence-corrected chi connectivity index (χ3v) is 1.11. The minimum atomic E-state index is -0.882. The Bertz CT molecular complexity index is 121. The Hall–Kier alpha value is -0.210. The highest BCUT2D eigenvalue weighted by Crippen LogP contribution is 2.10. The molecule has 0 saturated carbocycles. The zero-order valence-corrected chi connectivity index (χ0v) is 5.54. The van der Waals surface area contributed by atoms with Gasteiger partial charge in [0.15, 0.2) is 0 Å². The van der Waals surface area contributed by atoms with Gasteiger partial charge >= 0.3 is 0 Å². The van der Waals surface area contributed by atoms with Gasteiger partial charge in [-0.1, -0.05) is 29.8 Å². The van der Waals surface area contributed by atoms with E-state index < -0.39 is 10.7 Å². The van der Waals surface area contributed by atoms with Crippen LogP contribution in [-0.4, -0.2) is 10.7 Å². The minimum Gasteiger partial charge on any atom is -0.366 e. The van der Waals surface area contributed by atoms with Crippen LogP contribution >= 0.6 is 23.2 Å². The molecule has 0 aromatic rings. The molecule has 0 aliphatic rings. The first-order valence-corrected chi connectivity index (χ1v) is 2.69. The zero-order chi connectivity index (χ0) is 6.73. The summed E-state index contributed by atoms with van der Waals surface area (Å²) >= 11 is 10.4. The van der Waals surface area contributed by atoms with Crippen molar-refractivity contribution in [1.82, 2.24) is 0 Å². The van der Waals surface area contributed by atoms with Gasteiger partial charge in [0.05, 0.1) is 0 Å². The van der Waals surface area contributed by atoms with E-state index in [2.05, 4.69) is 6.58 Å². The summed E-state index contributed by atoms with van der Waals surface area (Å²) in [5.41, 5.74) is 4.75. The Balaban J connectivity index is 3.84. The summed E-state index contributed by atoms with van der Waals surface area (Å²) in [6, 6.07) is 0. The molecule has 0 aromatic carbocycles. The van der Waals surface area contributed by atoms with Crippen molar-refractivity contribution < 1.29 is 4.79 Å². The smallest absolute Gasteiger partial charge is 0.246 e. The van der Waals surface area contributed by atoms with E-state index in [1.807, 2.05) is 0 Å². The molecule has 0 rings (SSSR count). The van der Waals surface area contributed by atoms with Crippen LogP contribution in [0.3, 0.4) is 0 Å². The van der Waals surface area contributed by atoms with Crippen molar-refractivity contribution in [1.29, 1.82) is 0 Å². The van der Waals surface area contributed by atoms with Crippen LogP contribution in [0.1, 0.15) is 0 Å². The van der Waals surface area contributed by atoms with Gasteiger partial charge in [0.2, 0.25) is 5.91 Å². The Morgan fingerprint density at radius 3 is 2.00 bits per heavy atom. The van der Waals surface area contributed by atoms with E-state index in [9.17, 15) is 4.79 Å². The lowest BCUT2D eigenvalue weighted by Crippen LogP contribution is -2.16. The molecule has 1 amide bonds. The summed E-state index contributed by atoms with van der Waals surface area (Å²) in [4.78, 5) is 9.21. The fourth-order valence-corrected chi connectivity index (χ4v) is 0.323. The molecule has 0 aromatic heterocycles. The monoisotopic (exact) mass is 153 g/mol. The number of nitrogens with two attached hydrogens (primary N) is 1. The standard InChI is InChI=1S/C4H5Cl2NO/c1-2(3(5)6)4(7)8/h3H,1H2,(H2,7,8). The fraction of sp³-hybridized carbons (Fsp3) is 0.250. The Morgan fingerprint density at radius 1 is 1.62 bits per heavy atom. The van der Waals surface area contributed by atoms with Gasteiger partial charge in [0.25, 0.3) is 0 Å². The van der Waals surface area contributed by atoms with E-state index in [4.69, 9.17) is 28.9 Å². The van der Waals surface area contributed by atoms with E-state index in [0.717, 1.165) is 0 Å². The molecule has 0 aliphatic carbocycles. The van der Waals surface area contributed by atoms with E-state index >= 15 is 0 Å². The van der Waals surface area contributed by atoms with Crippen LogP contribution in [0.25, 0.3) is 0 Å². The lowest BCUT2D eigenvalue weighted by molar-refractivity contribution is -0.114. The molecule has 4 heteroatoms. The lowest BCUT2D eigenvalue weighted by atomic mass is 10.3. The molecular weight excluding hydrogens is 149 g/mol. The molecule has 0 unspecified atom stereocenters. The molecule has 2 nitrogen and oxygen atoms in total. The first kappa shape index (κ1) is 7.79. The molecule has 8 heavy (non-hydrogen) atoms. The molecule has 46 valence electrons. The quantitative estimate of drug-likeness (QED) is 0.464. The molecule has 0 saturated heterocycles. The number of amides is 1. The summed E-state index contributed by atoms with van der Waals surface area (Å²) in [5, 5.41) is 0. The predicted molar refractivity (Wildman–Crippen MR) is 33.8 cm³/mol. The average Bonchev–Trinajstić information content (AvgIpc) is 1.64. The Morgan fingerprint density at radius 2 is 2.00 bits per heavy atom. The van der Waals surface area contributed by atoms with Gasteiger partial charge in [-0.05, 0) is 0 Å². The number of hydrogen-bond donors (Lipinski definition) is 1. The van der Waals surface area contributed by atoms with Crippen molar-refractivity contribution in [2.24, 2.45) is 5.73 Å². The van der Waals surface area contributed by atoms with Crippen LogP contribution in [-0.2, 0) is 4.79 Å². The molecule has 0 atom stereocenters. The van der Waals surface area contributed by atoms with E-state index in [0.29, 0.717) is 0 Å². The summed E-state index contributed by atoms with van der Waals surface area (Å²) < 4.78 is 0. The van der Waals surface area contributed by atoms with Crippen molar-refractivity contribution in [2.45, 2.75) is 4.84 Å². The van der Waals surface area contributed by atoms with Gasteiger partial charge in [-0.3, -0.25) is 4.79 Å². The minimum absolute atomic E-state index is 0.0216. The maximum Gasteiger partial charge on any atom is 0.246 e. The van der Waals surface area contributed by atoms with Crippen LogP contribution in [0.4, 0.5) is 0 Å². The van der Waals surface area contributed by atoms with Gasteiger partial charge in [-0.25, -0.2) is 0 Å². The number of primary amides is 1. The van der Waals surface area contributed by atoms with Crippen LogP contribution in [0, 0.1) is 0 Å². The highest BCUT2D eigenvalue weighted by molar-refractivity contribution is 6.48. The predicted octanol–water partition coefficient (Wildman–Crippen LogP) is 0.832. The van der Waals surface area contributed by atoms with Crippen molar-refractivity contribution in [2.75, 3.05) is 0 Å². The molecule has 0 bridgehead atoms. The van der Waals surface area contributed by atoms with Crippen LogP contribution in [0.2, 0.25) is 0 Å². The van der Waals surface area contributed by atoms with Crippen LogP contribution in [0.5, 0.6) is 0 Å². The largest absolute Gasteiger partial charge is 0.366 e. The SMILES string of the molecule is C=C(C(N)=O)C(Cl)Cl. The normalized spacial score (nSPS) is 9.38. The number of carbonyl (C=O) groups is 1. The second-order valence-corrected chi connectivity index (χ2v) is 2.29. The average molecular weight is 154 g/mol. The number of halogens is 2. The second kappa shape index (κ2) is 2.95. The van der Waals surface area contributed by atoms with E-state index in [-0.39, 0.29) is 5.57 Å². The third kappa shape index (κ3) is 2.19. The van der Waals surface area contributed by atoms with Crippen LogP contribution < -0.4 is 5.73 Å². The maximum atomic E-state index is 10.1. The highest BCUT2D eigenvalue weighted by atomic mass is 35.5. The second-order valence-electron chi connectivity index (χ2n) is 1.19. The maximum absolute atomic E-state index is 10.1. The summed E-state index contributed by atoms with van der Waals surface area (Å²) in [5.74, 6) is -0.667. The van der Waals surface area contributed by atoms with Gasteiger partial charge in [-0.15, -0.1) is 0 Å². The number of carbonyl (C=O) groups excluding carboxylic acids is 1. The van der Waals surface area contributed by atoms with Gasteiger partial charge in [-0.2, -0.15) is 0 Å². The summed E-state index contributed by atoms with van der Waals surface area (Å²) in [6.07, 6.45) is 0. The van der Waals surface area contributed by atoms with Gasteiger partial charge in [0, 0.05) is 5.57 Å². The fourth-order valence-electron chi connectivity index (χ4n) is 0.108. The van der Waals surface area contributed by atoms with Crippen molar-refractivity contribution in [3.63, 3.8) is 0 Å². The van der Waals surface area contributed by atoms with E-state index in [1.54, 1.807) is 0 Å². The number of alkyl halides is 2. The number of rotatable bonds is 2. The highest BCUT2D eigenvalue weighted by Gasteiger charge is 2.08. The molecule has 0 radical (unpaired) electrons. The third-order valence-electron chi connectivity index (χ3n) is 0.580. The molecule has 0 fully saturated rings. The first-order valence-electron chi connectivity index (χ1n) is 1.82. The summed E-state index contributed by atoms with van der Waals surface area (Å²) in [7, 11) is 0. The molecular formula is C4H5Cl2NO. The Kier molecular flexibility index (Phi) is 2.87. The number of hydrogen-bond acceptors (Lipinski definition) is 1. The molecule has 0 aliphatic heterocycles. The molecule has 0 heterocycles. The van der Waals surface area contributed by atoms with Crippen molar-refractivity contribution in [3.05, 3.63) is 12.2 Å². The zero-order valence-electron chi connectivity index (χ0n) is 4.03. The summed E-state index contributed by atoms with van der Waals surface area (Å²) in [6.45, 7) is 3.22. The van der Waals surface area contributed by atoms with Gasteiger partial charge in [0.1, 0.15) is 4.84 Å². The topological polar surface area (TPSA) is 43.1 Å².